The molecule has 9 heteroatoms. The quantitative estimate of drug-likeness (QED) is 0.104. The number of nitrogens with one attached hydrogen (secondary N) is 2. The third-order valence-corrected chi connectivity index (χ3v) is 5.18. The van der Waals surface area contributed by atoms with Gasteiger partial charge in [0, 0.05) is 24.2 Å². The number of nitro groups is 1. The second-order valence-corrected chi connectivity index (χ2v) is 9.44. The van der Waals surface area contributed by atoms with Crippen molar-refractivity contribution in [2.24, 2.45) is 0 Å². The van der Waals surface area contributed by atoms with E-state index in [2.05, 4.69) is 17.6 Å². The van der Waals surface area contributed by atoms with Gasteiger partial charge in [-0.1, -0.05) is 93.1 Å². The number of hydrogen-bond acceptors (Lipinski definition) is 4. The van der Waals surface area contributed by atoms with Crippen LogP contribution in [0.15, 0.2) is 24.3 Å². The molecular weight excluding hydrogens is 437 g/mol. The molecule has 29 heavy (non-hydrogen) atoms. The van der Waals surface area contributed by atoms with Gasteiger partial charge in [0.1, 0.15) is 6.17 Å². The third-order valence-electron chi connectivity index (χ3n) is 4.53. The summed E-state index contributed by atoms with van der Waals surface area (Å²) in [7, 11) is 0. The Kier molecular flexibility index (Phi) is 12.4. The maximum atomic E-state index is 12.2. The Hall–Kier alpha value is -1.24. The van der Waals surface area contributed by atoms with Crippen LogP contribution in [-0.2, 0) is 4.79 Å². The number of benzene rings is 1. The summed E-state index contributed by atoms with van der Waals surface area (Å²) < 4.78 is -1.78. The average molecular weight is 467 g/mol. The molecule has 0 spiro atoms. The Morgan fingerprint density at radius 3 is 2.00 bits per heavy atom. The summed E-state index contributed by atoms with van der Waals surface area (Å²) in [5.74, 6) is -0.210. The lowest BCUT2D eigenvalue weighted by Gasteiger charge is -2.27. The molecule has 1 atom stereocenters. The van der Waals surface area contributed by atoms with Crippen LogP contribution in [0.1, 0.15) is 71.1 Å². The molecule has 2 N–H and O–H groups in total. The summed E-state index contributed by atoms with van der Waals surface area (Å²) in [6, 6.07) is 5.66. The number of halogens is 3. The van der Waals surface area contributed by atoms with Gasteiger partial charge >= 0.3 is 0 Å². The van der Waals surface area contributed by atoms with Gasteiger partial charge in [-0.25, -0.2) is 0 Å². The van der Waals surface area contributed by atoms with E-state index in [0.29, 0.717) is 12.1 Å². The highest BCUT2D eigenvalue weighted by atomic mass is 35.6. The second-order valence-electron chi connectivity index (χ2n) is 7.07. The van der Waals surface area contributed by atoms with Crippen molar-refractivity contribution >= 4 is 52.1 Å². The first-order chi connectivity index (χ1) is 13.7. The monoisotopic (exact) mass is 465 g/mol. The van der Waals surface area contributed by atoms with Gasteiger partial charge in [0.25, 0.3) is 5.69 Å². The molecular formula is C20H30Cl3N3O3. The van der Waals surface area contributed by atoms with Crippen LogP contribution in [-0.4, -0.2) is 20.8 Å². The lowest BCUT2D eigenvalue weighted by molar-refractivity contribution is -0.384. The van der Waals surface area contributed by atoms with Gasteiger partial charge in [-0.15, -0.1) is 0 Å². The molecule has 0 saturated carbocycles. The van der Waals surface area contributed by atoms with E-state index in [-0.39, 0.29) is 11.6 Å². The van der Waals surface area contributed by atoms with Crippen molar-refractivity contribution in [2.45, 2.75) is 81.1 Å². The number of amides is 1. The Morgan fingerprint density at radius 1 is 1.00 bits per heavy atom. The van der Waals surface area contributed by atoms with Gasteiger partial charge in [0.2, 0.25) is 9.70 Å². The van der Waals surface area contributed by atoms with Crippen LogP contribution in [0.5, 0.6) is 0 Å². The lowest BCUT2D eigenvalue weighted by atomic mass is 10.1. The van der Waals surface area contributed by atoms with Crippen molar-refractivity contribution in [1.29, 1.82) is 0 Å². The van der Waals surface area contributed by atoms with E-state index in [9.17, 15) is 14.9 Å². The van der Waals surface area contributed by atoms with Crippen LogP contribution in [0.25, 0.3) is 0 Å². The predicted molar refractivity (Wildman–Crippen MR) is 121 cm³/mol. The molecule has 0 aliphatic carbocycles. The highest BCUT2D eigenvalue weighted by Crippen LogP contribution is 2.31. The molecule has 0 aliphatic heterocycles. The molecule has 0 heterocycles. The summed E-state index contributed by atoms with van der Waals surface area (Å²) in [4.78, 5) is 22.5. The minimum absolute atomic E-state index is 0.0459. The van der Waals surface area contributed by atoms with Crippen molar-refractivity contribution in [2.75, 3.05) is 5.32 Å². The fourth-order valence-corrected chi connectivity index (χ4v) is 3.20. The van der Waals surface area contributed by atoms with Crippen molar-refractivity contribution < 1.29 is 9.72 Å². The van der Waals surface area contributed by atoms with Crippen molar-refractivity contribution in [3.63, 3.8) is 0 Å². The number of rotatable bonds is 14. The number of nitro benzene ring substituents is 1. The SMILES string of the molecule is CCCCCCCCCCCC(=O)N[C@H](Nc1ccc([N+](=O)[O-])cc1)C(Cl)(Cl)Cl. The normalized spacial score (nSPS) is 12.4. The maximum Gasteiger partial charge on any atom is 0.269 e. The van der Waals surface area contributed by atoms with Crippen LogP contribution in [0, 0.1) is 10.1 Å². The van der Waals surface area contributed by atoms with E-state index in [0.717, 1.165) is 19.3 Å². The molecule has 0 bridgehead atoms. The number of anilines is 1. The molecule has 1 amide bonds. The smallest absolute Gasteiger partial charge is 0.269 e. The summed E-state index contributed by atoms with van der Waals surface area (Å²) in [6.45, 7) is 2.21. The zero-order valence-electron chi connectivity index (χ0n) is 16.8. The van der Waals surface area contributed by atoms with Gasteiger partial charge in [0.05, 0.1) is 4.92 Å². The predicted octanol–water partition coefficient (Wildman–Crippen LogP) is 6.74. The van der Waals surface area contributed by atoms with Crippen LogP contribution in [0.2, 0.25) is 0 Å². The Labute approximate surface area is 187 Å². The van der Waals surface area contributed by atoms with Crippen molar-refractivity contribution in [1.82, 2.24) is 5.32 Å². The zero-order valence-corrected chi connectivity index (χ0v) is 19.0. The number of carbonyl (C=O) groups is 1. The number of nitrogens with zero attached hydrogens (tertiary/aromatic N) is 1. The van der Waals surface area contributed by atoms with Crippen LogP contribution in [0.3, 0.4) is 0 Å². The number of carbonyl (C=O) groups excluding carboxylic acids is 1. The molecule has 6 nitrogen and oxygen atoms in total. The van der Waals surface area contributed by atoms with Gasteiger partial charge in [-0.05, 0) is 18.6 Å². The summed E-state index contributed by atoms with van der Waals surface area (Å²) in [5.41, 5.74) is 0.450. The molecule has 1 aromatic rings. The van der Waals surface area contributed by atoms with E-state index in [1.54, 1.807) is 0 Å². The van der Waals surface area contributed by atoms with E-state index in [4.69, 9.17) is 34.8 Å². The summed E-state index contributed by atoms with van der Waals surface area (Å²) in [6.07, 6.45) is 9.89. The van der Waals surface area contributed by atoms with Crippen LogP contribution in [0.4, 0.5) is 11.4 Å². The molecule has 0 radical (unpaired) electrons. The second kappa shape index (κ2) is 13.9. The Balaban J connectivity index is 2.37. The Morgan fingerprint density at radius 2 is 1.52 bits per heavy atom. The lowest BCUT2D eigenvalue weighted by Crippen LogP contribution is -2.49. The van der Waals surface area contributed by atoms with Crippen molar-refractivity contribution in [3.8, 4) is 0 Å². The molecule has 0 aromatic heterocycles. The highest BCUT2D eigenvalue weighted by molar-refractivity contribution is 6.68. The number of hydrogen-bond donors (Lipinski definition) is 2. The fourth-order valence-electron chi connectivity index (χ4n) is 2.88. The summed E-state index contributed by atoms with van der Waals surface area (Å²) >= 11 is 17.9. The molecule has 164 valence electrons. The van der Waals surface area contributed by atoms with E-state index in [1.807, 2.05) is 0 Å². The average Bonchev–Trinajstić information content (AvgIpc) is 2.66. The first kappa shape index (κ1) is 25.8. The van der Waals surface area contributed by atoms with E-state index in [1.165, 1.54) is 62.8 Å². The maximum absolute atomic E-state index is 12.2. The van der Waals surface area contributed by atoms with Crippen LogP contribution >= 0.6 is 34.8 Å². The molecule has 1 rings (SSSR count). The number of alkyl halides is 3. The number of non-ortho nitro benzene ring substituents is 1. The van der Waals surface area contributed by atoms with Crippen LogP contribution < -0.4 is 10.6 Å². The third kappa shape index (κ3) is 11.5. The molecule has 0 unspecified atom stereocenters. The standard InChI is InChI=1S/C20H30Cl3N3O3/c1-2-3-4-5-6-7-8-9-10-11-18(27)25-19(20(21,22)23)24-16-12-14-17(15-13-16)26(28)29/h12-15,19,24H,2-11H2,1H3,(H,25,27)/t19-/m0/s1. The topological polar surface area (TPSA) is 84.3 Å². The molecule has 0 saturated heterocycles. The van der Waals surface area contributed by atoms with Gasteiger partial charge < -0.3 is 10.6 Å². The summed E-state index contributed by atoms with van der Waals surface area (Å²) in [5, 5.41) is 16.3. The first-order valence-electron chi connectivity index (χ1n) is 10.1. The minimum atomic E-state index is -1.78. The number of unbranched alkanes of at least 4 members (excludes halogenated alkanes) is 8. The largest absolute Gasteiger partial charge is 0.362 e. The molecule has 0 fully saturated rings. The van der Waals surface area contributed by atoms with Gasteiger partial charge in [-0.2, -0.15) is 0 Å². The van der Waals surface area contributed by atoms with Crippen molar-refractivity contribution in [3.05, 3.63) is 34.4 Å². The first-order valence-corrected chi connectivity index (χ1v) is 11.2. The molecule has 1 aromatic carbocycles. The van der Waals surface area contributed by atoms with Gasteiger partial charge in [0.15, 0.2) is 0 Å². The van der Waals surface area contributed by atoms with E-state index < -0.39 is 14.9 Å². The molecule has 0 aliphatic rings. The fraction of sp³-hybridized carbons (Fsp3) is 0.650. The van der Waals surface area contributed by atoms with E-state index >= 15 is 0 Å². The van der Waals surface area contributed by atoms with Gasteiger partial charge in [-0.3, -0.25) is 14.9 Å². The highest BCUT2D eigenvalue weighted by Gasteiger charge is 2.34. The zero-order chi connectivity index (χ0) is 21.7. The Bertz CT molecular complexity index is 622. The minimum Gasteiger partial charge on any atom is -0.362 e.